The lowest BCUT2D eigenvalue weighted by atomic mass is 10.1. The van der Waals surface area contributed by atoms with Crippen molar-refractivity contribution in [3.05, 3.63) is 65.9 Å². The first kappa shape index (κ1) is 13.9. The van der Waals surface area contributed by atoms with E-state index in [4.69, 9.17) is 9.62 Å². The van der Waals surface area contributed by atoms with E-state index in [9.17, 15) is 4.79 Å². The Morgan fingerprint density at radius 1 is 1.14 bits per heavy atom. The van der Waals surface area contributed by atoms with Gasteiger partial charge in [0.1, 0.15) is 5.58 Å². The minimum Gasteiger partial charge on any atom is -0.451 e. The molecule has 1 heterocycles. The van der Waals surface area contributed by atoms with Crippen LogP contribution >= 0.6 is 0 Å². The van der Waals surface area contributed by atoms with Crippen LogP contribution in [-0.4, -0.2) is 16.8 Å². The molecule has 3 aromatic rings. The average molecular weight is 294 g/mol. The zero-order valence-electron chi connectivity index (χ0n) is 11.9. The number of rotatable bonds is 3. The molecule has 2 aromatic carbocycles. The number of nitrogens with zero attached hydrogens (tertiary/aromatic N) is 1. The third kappa shape index (κ3) is 2.69. The van der Waals surface area contributed by atoms with Crippen molar-refractivity contribution in [2.75, 3.05) is 5.32 Å². The van der Waals surface area contributed by atoms with Gasteiger partial charge in [-0.2, -0.15) is 0 Å². The Morgan fingerprint density at radius 3 is 2.73 bits per heavy atom. The van der Waals surface area contributed by atoms with E-state index in [2.05, 4.69) is 10.5 Å². The maximum Gasteiger partial charge on any atom is 0.291 e. The van der Waals surface area contributed by atoms with E-state index < -0.39 is 0 Å². The summed E-state index contributed by atoms with van der Waals surface area (Å²) >= 11 is 0. The van der Waals surface area contributed by atoms with Crippen molar-refractivity contribution in [2.45, 2.75) is 6.92 Å². The van der Waals surface area contributed by atoms with Crippen LogP contribution < -0.4 is 5.32 Å². The van der Waals surface area contributed by atoms with Crippen LogP contribution in [0.4, 0.5) is 5.69 Å². The Morgan fingerprint density at radius 2 is 1.95 bits per heavy atom. The summed E-state index contributed by atoms with van der Waals surface area (Å²) in [6.07, 6.45) is 0. The van der Waals surface area contributed by atoms with Crippen molar-refractivity contribution in [2.24, 2.45) is 5.16 Å². The first-order valence-corrected chi connectivity index (χ1v) is 6.76. The summed E-state index contributed by atoms with van der Waals surface area (Å²) in [6.45, 7) is 1.68. The summed E-state index contributed by atoms with van der Waals surface area (Å²) < 4.78 is 5.53. The number of furan rings is 1. The fourth-order valence-electron chi connectivity index (χ4n) is 2.17. The van der Waals surface area contributed by atoms with Crippen LogP contribution in [-0.2, 0) is 0 Å². The van der Waals surface area contributed by atoms with Gasteiger partial charge in [0.25, 0.3) is 5.91 Å². The van der Waals surface area contributed by atoms with Gasteiger partial charge in [-0.15, -0.1) is 0 Å². The minimum atomic E-state index is -0.327. The molecule has 22 heavy (non-hydrogen) atoms. The normalized spacial score (nSPS) is 11.6. The molecule has 3 rings (SSSR count). The number of hydrogen-bond acceptors (Lipinski definition) is 4. The van der Waals surface area contributed by atoms with Crippen molar-refractivity contribution in [1.82, 2.24) is 0 Å². The van der Waals surface area contributed by atoms with Gasteiger partial charge in [0, 0.05) is 16.6 Å². The quantitative estimate of drug-likeness (QED) is 0.437. The van der Waals surface area contributed by atoms with Crippen LogP contribution in [0.1, 0.15) is 23.0 Å². The second-order valence-electron chi connectivity index (χ2n) is 4.87. The lowest BCUT2D eigenvalue weighted by Crippen LogP contribution is -2.11. The highest BCUT2D eigenvalue weighted by molar-refractivity contribution is 6.05. The van der Waals surface area contributed by atoms with E-state index in [0.717, 1.165) is 10.9 Å². The Bertz CT molecular complexity index is 832. The maximum absolute atomic E-state index is 12.2. The second-order valence-corrected chi connectivity index (χ2v) is 4.87. The number of carbonyl (C=O) groups is 1. The van der Waals surface area contributed by atoms with E-state index >= 15 is 0 Å². The SMILES string of the molecule is C/C(=N\O)c1cccc(NC(=O)c2cc3ccccc3o2)c1. The Balaban J connectivity index is 1.85. The van der Waals surface area contributed by atoms with Gasteiger partial charge in [0.05, 0.1) is 5.71 Å². The van der Waals surface area contributed by atoms with Crippen LogP contribution in [0.15, 0.2) is 64.2 Å². The Kier molecular flexibility index (Phi) is 3.62. The van der Waals surface area contributed by atoms with Crippen LogP contribution in [0.5, 0.6) is 0 Å². The summed E-state index contributed by atoms with van der Waals surface area (Å²) in [5.41, 5.74) is 2.47. The van der Waals surface area contributed by atoms with Crippen LogP contribution in [0.3, 0.4) is 0 Å². The first-order chi connectivity index (χ1) is 10.7. The number of para-hydroxylation sites is 1. The topological polar surface area (TPSA) is 74.8 Å². The zero-order valence-corrected chi connectivity index (χ0v) is 11.9. The zero-order chi connectivity index (χ0) is 15.5. The van der Waals surface area contributed by atoms with Gasteiger partial charge in [-0.05, 0) is 31.2 Å². The highest BCUT2D eigenvalue weighted by Gasteiger charge is 2.12. The lowest BCUT2D eigenvalue weighted by molar-refractivity contribution is 0.0998. The largest absolute Gasteiger partial charge is 0.451 e. The molecule has 0 aliphatic carbocycles. The van der Waals surface area contributed by atoms with Gasteiger partial charge in [-0.3, -0.25) is 4.79 Å². The molecule has 5 nitrogen and oxygen atoms in total. The number of fused-ring (bicyclic) bond motifs is 1. The van der Waals surface area contributed by atoms with E-state index in [1.165, 1.54) is 0 Å². The van der Waals surface area contributed by atoms with Crippen molar-refractivity contribution in [1.29, 1.82) is 0 Å². The van der Waals surface area contributed by atoms with Crippen molar-refractivity contribution in [3.63, 3.8) is 0 Å². The highest BCUT2D eigenvalue weighted by Crippen LogP contribution is 2.20. The molecule has 0 radical (unpaired) electrons. The highest BCUT2D eigenvalue weighted by atomic mass is 16.4. The molecule has 0 aliphatic rings. The molecule has 5 heteroatoms. The summed E-state index contributed by atoms with van der Waals surface area (Å²) in [7, 11) is 0. The van der Waals surface area contributed by atoms with Crippen LogP contribution in [0.25, 0.3) is 11.0 Å². The number of benzene rings is 2. The van der Waals surface area contributed by atoms with Gasteiger partial charge in [0.15, 0.2) is 5.76 Å². The molecule has 2 N–H and O–H groups in total. The monoisotopic (exact) mass is 294 g/mol. The number of anilines is 1. The Labute approximate surface area is 126 Å². The predicted octanol–water partition coefficient (Wildman–Crippen LogP) is 3.88. The van der Waals surface area contributed by atoms with Gasteiger partial charge in [-0.1, -0.05) is 35.5 Å². The summed E-state index contributed by atoms with van der Waals surface area (Å²) in [6, 6.07) is 16.2. The van der Waals surface area contributed by atoms with Crippen LogP contribution in [0, 0.1) is 0 Å². The molecule has 0 spiro atoms. The first-order valence-electron chi connectivity index (χ1n) is 6.76. The molecular weight excluding hydrogens is 280 g/mol. The molecule has 0 unspecified atom stereocenters. The van der Waals surface area contributed by atoms with Crippen molar-refractivity contribution >= 4 is 28.3 Å². The van der Waals surface area contributed by atoms with E-state index in [0.29, 0.717) is 17.0 Å². The number of amides is 1. The molecule has 1 amide bonds. The number of carbonyl (C=O) groups excluding carboxylic acids is 1. The summed E-state index contributed by atoms with van der Waals surface area (Å²) in [4.78, 5) is 12.2. The number of nitrogens with one attached hydrogen (secondary N) is 1. The fourth-order valence-corrected chi connectivity index (χ4v) is 2.17. The van der Waals surface area contributed by atoms with E-state index in [1.807, 2.05) is 24.3 Å². The van der Waals surface area contributed by atoms with Crippen LogP contribution in [0.2, 0.25) is 0 Å². The molecular formula is C17H14N2O3. The molecule has 0 fully saturated rings. The number of hydrogen-bond donors (Lipinski definition) is 2. The number of oxime groups is 1. The summed E-state index contributed by atoms with van der Waals surface area (Å²) in [5.74, 6) is -0.0777. The molecule has 0 saturated heterocycles. The smallest absolute Gasteiger partial charge is 0.291 e. The van der Waals surface area contributed by atoms with Gasteiger partial charge < -0.3 is 14.9 Å². The van der Waals surface area contributed by atoms with E-state index in [1.54, 1.807) is 37.3 Å². The standard InChI is InChI=1S/C17H14N2O3/c1-11(19-21)12-6-4-7-14(9-12)18-17(20)16-10-13-5-2-3-8-15(13)22-16/h2-10,21H,1H3,(H,18,20)/b19-11+. The molecule has 0 bridgehead atoms. The molecule has 110 valence electrons. The van der Waals surface area contributed by atoms with Gasteiger partial charge in [0.2, 0.25) is 0 Å². The van der Waals surface area contributed by atoms with Gasteiger partial charge >= 0.3 is 0 Å². The predicted molar refractivity (Wildman–Crippen MR) is 84.6 cm³/mol. The maximum atomic E-state index is 12.2. The Hall–Kier alpha value is -3.08. The minimum absolute atomic E-state index is 0.249. The third-order valence-electron chi connectivity index (χ3n) is 3.34. The molecule has 0 saturated carbocycles. The fraction of sp³-hybridized carbons (Fsp3) is 0.0588. The van der Waals surface area contributed by atoms with E-state index in [-0.39, 0.29) is 11.7 Å². The van der Waals surface area contributed by atoms with Crippen molar-refractivity contribution < 1.29 is 14.4 Å². The third-order valence-corrected chi connectivity index (χ3v) is 3.34. The molecule has 1 aromatic heterocycles. The summed E-state index contributed by atoms with van der Waals surface area (Å²) in [5, 5.41) is 15.6. The molecule has 0 aliphatic heterocycles. The van der Waals surface area contributed by atoms with Gasteiger partial charge in [-0.25, -0.2) is 0 Å². The average Bonchev–Trinajstić information content (AvgIpc) is 2.98. The molecule has 0 atom stereocenters. The second kappa shape index (κ2) is 5.73. The lowest BCUT2D eigenvalue weighted by Gasteiger charge is -2.05. The van der Waals surface area contributed by atoms with Crippen molar-refractivity contribution in [3.8, 4) is 0 Å².